The number of nitrogen functional groups attached to an aromatic ring is 1. The van der Waals surface area contributed by atoms with Gasteiger partial charge in [-0.25, -0.2) is 9.97 Å². The molecule has 0 spiro atoms. The Hall–Kier alpha value is -0.770. The quantitative estimate of drug-likeness (QED) is 0.459. The first-order valence-electron chi connectivity index (χ1n) is 5.51. The number of anilines is 1. The third-order valence-corrected chi connectivity index (χ3v) is 3.29. The Balaban J connectivity index is 2.71. The van der Waals surface area contributed by atoms with Crippen LogP contribution in [0.5, 0.6) is 0 Å². The lowest BCUT2D eigenvalue weighted by molar-refractivity contribution is 0.856. The summed E-state index contributed by atoms with van der Waals surface area (Å²) in [4.78, 5) is 8.34. The van der Waals surface area contributed by atoms with Crippen molar-refractivity contribution in [3.63, 3.8) is 0 Å². The molecule has 0 radical (unpaired) electrons. The van der Waals surface area contributed by atoms with Gasteiger partial charge in [-0.15, -0.1) is 11.8 Å². The van der Waals surface area contributed by atoms with E-state index in [0.29, 0.717) is 5.82 Å². The van der Waals surface area contributed by atoms with Crippen molar-refractivity contribution in [2.75, 3.05) is 11.5 Å². The first-order chi connectivity index (χ1) is 7.29. The number of thioether (sulfide) groups is 1. The zero-order valence-corrected chi connectivity index (χ0v) is 10.3. The maximum Gasteiger partial charge on any atom is 0.131 e. The molecule has 0 aliphatic heterocycles. The molecule has 0 unspecified atom stereocenters. The van der Waals surface area contributed by atoms with Gasteiger partial charge >= 0.3 is 0 Å². The minimum Gasteiger partial charge on any atom is -0.383 e. The van der Waals surface area contributed by atoms with Gasteiger partial charge in [-0.3, -0.25) is 0 Å². The molecule has 0 fully saturated rings. The predicted molar refractivity (Wildman–Crippen MR) is 66.1 cm³/mol. The molecule has 0 aromatic carbocycles. The highest BCUT2D eigenvalue weighted by atomic mass is 32.2. The van der Waals surface area contributed by atoms with E-state index in [9.17, 15) is 0 Å². The molecule has 0 saturated heterocycles. The van der Waals surface area contributed by atoms with E-state index in [0.717, 1.165) is 29.2 Å². The van der Waals surface area contributed by atoms with Gasteiger partial charge in [0.2, 0.25) is 0 Å². The van der Waals surface area contributed by atoms with E-state index in [1.807, 2.05) is 0 Å². The van der Waals surface area contributed by atoms with Crippen LogP contribution < -0.4 is 5.73 Å². The van der Waals surface area contributed by atoms with E-state index in [1.54, 1.807) is 18.1 Å². The van der Waals surface area contributed by atoms with Gasteiger partial charge in [0.1, 0.15) is 17.2 Å². The third kappa shape index (κ3) is 3.70. The fraction of sp³-hybridized carbons (Fsp3) is 0.636. The summed E-state index contributed by atoms with van der Waals surface area (Å²) in [5, 5.41) is 1.07. The van der Waals surface area contributed by atoms with E-state index >= 15 is 0 Å². The Morgan fingerprint density at radius 3 is 2.73 bits per heavy atom. The molecule has 2 N–H and O–H groups in total. The summed E-state index contributed by atoms with van der Waals surface area (Å²) < 4.78 is 0. The molecule has 4 heteroatoms. The van der Waals surface area contributed by atoms with Crippen LogP contribution in [-0.4, -0.2) is 15.7 Å². The highest BCUT2D eigenvalue weighted by Gasteiger charge is 2.08. The number of aromatic nitrogens is 2. The Kier molecular flexibility index (Phi) is 5.47. The molecule has 1 rings (SSSR count). The smallest absolute Gasteiger partial charge is 0.131 e. The average molecular weight is 225 g/mol. The van der Waals surface area contributed by atoms with Gasteiger partial charge in [-0.2, -0.15) is 0 Å². The van der Waals surface area contributed by atoms with Gasteiger partial charge in [-0.1, -0.05) is 26.7 Å². The fourth-order valence-corrected chi connectivity index (χ4v) is 2.46. The normalized spacial score (nSPS) is 10.5. The van der Waals surface area contributed by atoms with Crippen LogP contribution in [0.4, 0.5) is 5.82 Å². The molecule has 1 heterocycles. The number of rotatable bonds is 6. The molecule has 0 amide bonds. The minimum absolute atomic E-state index is 0.644. The van der Waals surface area contributed by atoms with Crippen molar-refractivity contribution in [2.24, 2.45) is 0 Å². The molecule has 3 nitrogen and oxygen atoms in total. The molecule has 0 atom stereocenters. The first-order valence-corrected chi connectivity index (χ1v) is 6.50. The van der Waals surface area contributed by atoms with Crippen molar-refractivity contribution in [3.8, 4) is 0 Å². The number of hydrogen-bond acceptors (Lipinski definition) is 4. The minimum atomic E-state index is 0.644. The summed E-state index contributed by atoms with van der Waals surface area (Å²) in [6.07, 6.45) is 6.06. The van der Waals surface area contributed by atoms with Crippen molar-refractivity contribution in [2.45, 2.75) is 44.6 Å². The fourth-order valence-electron chi connectivity index (χ4n) is 1.33. The summed E-state index contributed by atoms with van der Waals surface area (Å²) in [5.74, 6) is 1.76. The van der Waals surface area contributed by atoms with E-state index in [4.69, 9.17) is 5.73 Å². The highest BCUT2D eigenvalue weighted by molar-refractivity contribution is 7.99. The maximum atomic E-state index is 5.85. The summed E-state index contributed by atoms with van der Waals surface area (Å²) in [6.45, 7) is 4.34. The van der Waals surface area contributed by atoms with E-state index < -0.39 is 0 Å². The Labute approximate surface area is 95.9 Å². The van der Waals surface area contributed by atoms with Gasteiger partial charge in [0.05, 0.1) is 0 Å². The van der Waals surface area contributed by atoms with Crippen LogP contribution in [0.15, 0.2) is 11.4 Å². The Morgan fingerprint density at radius 1 is 1.27 bits per heavy atom. The number of unbranched alkanes of at least 4 members (excludes halogenated alkanes) is 1. The van der Waals surface area contributed by atoms with Crippen molar-refractivity contribution in [1.29, 1.82) is 0 Å². The van der Waals surface area contributed by atoms with Crippen molar-refractivity contribution < 1.29 is 0 Å². The molecule has 0 saturated carbocycles. The topological polar surface area (TPSA) is 51.8 Å². The average Bonchev–Trinajstić information content (AvgIpc) is 2.23. The molecular formula is C11H19N3S. The zero-order chi connectivity index (χ0) is 11.1. The van der Waals surface area contributed by atoms with E-state index in [-0.39, 0.29) is 0 Å². The van der Waals surface area contributed by atoms with Gasteiger partial charge in [0, 0.05) is 5.56 Å². The molecular weight excluding hydrogens is 206 g/mol. The van der Waals surface area contributed by atoms with Gasteiger partial charge in [-0.05, 0) is 18.6 Å². The summed E-state index contributed by atoms with van der Waals surface area (Å²) in [7, 11) is 0. The second kappa shape index (κ2) is 6.67. The van der Waals surface area contributed by atoms with Crippen molar-refractivity contribution in [1.82, 2.24) is 9.97 Å². The number of nitrogens with two attached hydrogens (primary N) is 1. The van der Waals surface area contributed by atoms with Crippen LogP contribution in [0.2, 0.25) is 0 Å². The van der Waals surface area contributed by atoms with E-state index in [2.05, 4.69) is 23.8 Å². The molecule has 1 aromatic heterocycles. The molecule has 84 valence electrons. The van der Waals surface area contributed by atoms with Crippen molar-refractivity contribution in [3.05, 3.63) is 11.9 Å². The van der Waals surface area contributed by atoms with Crippen LogP contribution >= 0.6 is 11.8 Å². The van der Waals surface area contributed by atoms with Crippen LogP contribution in [0, 0.1) is 0 Å². The molecule has 15 heavy (non-hydrogen) atoms. The lowest BCUT2D eigenvalue weighted by Crippen LogP contribution is -2.01. The molecule has 1 aromatic rings. The summed E-state index contributed by atoms with van der Waals surface area (Å²) in [5.41, 5.74) is 6.97. The van der Waals surface area contributed by atoms with Crippen LogP contribution in [0.1, 0.15) is 38.7 Å². The number of nitrogens with zero attached hydrogens (tertiary/aromatic N) is 2. The third-order valence-electron chi connectivity index (χ3n) is 2.18. The molecule has 0 bridgehead atoms. The monoisotopic (exact) mass is 225 g/mol. The van der Waals surface area contributed by atoms with E-state index in [1.165, 1.54) is 12.8 Å². The SMILES string of the molecule is CCCCSc1ncnc(N)c1CCC. The van der Waals surface area contributed by atoms with Crippen LogP contribution in [-0.2, 0) is 6.42 Å². The summed E-state index contributed by atoms with van der Waals surface area (Å²) in [6, 6.07) is 0. The Morgan fingerprint density at radius 2 is 2.07 bits per heavy atom. The van der Waals surface area contributed by atoms with Gasteiger partial charge < -0.3 is 5.73 Å². The highest BCUT2D eigenvalue weighted by Crippen LogP contribution is 2.25. The second-order valence-corrected chi connectivity index (χ2v) is 4.58. The Bertz CT molecular complexity index is 302. The molecule has 0 aliphatic carbocycles. The molecule has 0 aliphatic rings. The van der Waals surface area contributed by atoms with Crippen LogP contribution in [0.3, 0.4) is 0 Å². The van der Waals surface area contributed by atoms with Crippen molar-refractivity contribution >= 4 is 17.6 Å². The summed E-state index contributed by atoms with van der Waals surface area (Å²) >= 11 is 1.79. The largest absolute Gasteiger partial charge is 0.383 e. The second-order valence-electron chi connectivity index (χ2n) is 3.49. The van der Waals surface area contributed by atoms with Crippen LogP contribution in [0.25, 0.3) is 0 Å². The van der Waals surface area contributed by atoms with Gasteiger partial charge in [0.15, 0.2) is 0 Å². The standard InChI is InChI=1S/C11H19N3S/c1-3-5-7-15-11-9(6-4-2)10(12)13-8-14-11/h8H,3-7H2,1-2H3,(H2,12,13,14). The zero-order valence-electron chi connectivity index (χ0n) is 9.49. The first kappa shape index (κ1) is 12.3. The number of hydrogen-bond donors (Lipinski definition) is 1. The van der Waals surface area contributed by atoms with Gasteiger partial charge in [0.25, 0.3) is 0 Å². The predicted octanol–water partition coefficient (Wildman–Crippen LogP) is 2.90. The lowest BCUT2D eigenvalue weighted by atomic mass is 10.2. The lowest BCUT2D eigenvalue weighted by Gasteiger charge is -2.08. The maximum absolute atomic E-state index is 5.85.